The maximum atomic E-state index is 13.8. The summed E-state index contributed by atoms with van der Waals surface area (Å²) < 4.78 is 5.58. The Hall–Kier alpha value is -4.47. The number of methoxy groups -OCH3 is 1. The van der Waals surface area contributed by atoms with E-state index in [1.165, 1.54) is 12.1 Å². The number of ketones is 2. The minimum Gasteiger partial charge on any atom is -0.496 e. The molecule has 3 atom stereocenters. The van der Waals surface area contributed by atoms with Gasteiger partial charge in [-0.3, -0.25) is 24.0 Å². The van der Waals surface area contributed by atoms with E-state index >= 15 is 0 Å². The van der Waals surface area contributed by atoms with Gasteiger partial charge >= 0.3 is 0 Å². The van der Waals surface area contributed by atoms with E-state index < -0.39 is 41.4 Å². The predicted molar refractivity (Wildman–Crippen MR) is 168 cm³/mol. The summed E-state index contributed by atoms with van der Waals surface area (Å²) in [5.74, 6) is -2.78. The van der Waals surface area contributed by atoms with Crippen molar-refractivity contribution in [3.05, 3.63) is 65.7 Å². The van der Waals surface area contributed by atoms with Crippen LogP contribution in [-0.4, -0.2) is 61.6 Å². The van der Waals surface area contributed by atoms with Gasteiger partial charge in [0.25, 0.3) is 5.91 Å². The van der Waals surface area contributed by atoms with Crippen LogP contribution in [0.4, 0.5) is 5.69 Å². The molecule has 1 saturated heterocycles. The molecule has 44 heavy (non-hydrogen) atoms. The highest BCUT2D eigenvalue weighted by molar-refractivity contribution is 6.45. The van der Waals surface area contributed by atoms with E-state index in [1.54, 1.807) is 31.4 Å². The van der Waals surface area contributed by atoms with E-state index in [-0.39, 0.29) is 23.8 Å². The first kappa shape index (κ1) is 32.4. The number of benzene rings is 2. The third-order valence-electron chi connectivity index (χ3n) is 7.95. The fourth-order valence-corrected chi connectivity index (χ4v) is 5.68. The molecular weight excluding hydrogens is 560 g/mol. The maximum absolute atomic E-state index is 13.8. The fourth-order valence-electron chi connectivity index (χ4n) is 5.68. The zero-order valence-corrected chi connectivity index (χ0v) is 25.6. The number of carbonyl (C=O) groups excluding carboxylic acids is 5. The van der Waals surface area contributed by atoms with Crippen LogP contribution in [0.1, 0.15) is 68.3 Å². The molecule has 0 aromatic heterocycles. The molecule has 4 N–H and O–H groups in total. The van der Waals surface area contributed by atoms with Crippen molar-refractivity contribution in [2.75, 3.05) is 25.5 Å². The maximum Gasteiger partial charge on any atom is 0.252 e. The molecular formula is C34H42N4O6. The van der Waals surface area contributed by atoms with Gasteiger partial charge in [0.15, 0.2) is 0 Å². The third-order valence-corrected chi connectivity index (χ3v) is 7.95. The quantitative estimate of drug-likeness (QED) is 0.215. The summed E-state index contributed by atoms with van der Waals surface area (Å²) in [6.07, 6.45) is 4.87. The summed E-state index contributed by atoms with van der Waals surface area (Å²) in [7, 11) is 1.54. The number of nitrogens with one attached hydrogen (secondary N) is 4. The van der Waals surface area contributed by atoms with E-state index in [0.29, 0.717) is 42.7 Å². The fraction of sp³-hybridized carbons (Fsp3) is 0.441. The molecule has 0 bridgehead atoms. The lowest BCUT2D eigenvalue weighted by atomic mass is 9.88. The summed E-state index contributed by atoms with van der Waals surface area (Å²) in [6, 6.07) is 11.4. The normalized spacial score (nSPS) is 17.8. The first-order valence-electron chi connectivity index (χ1n) is 15.3. The van der Waals surface area contributed by atoms with Crippen molar-refractivity contribution in [1.82, 2.24) is 16.0 Å². The minimum absolute atomic E-state index is 0.0152. The van der Waals surface area contributed by atoms with Gasteiger partial charge in [0.05, 0.1) is 18.7 Å². The van der Waals surface area contributed by atoms with Crippen molar-refractivity contribution in [3.8, 4) is 5.75 Å². The second kappa shape index (κ2) is 15.3. The highest BCUT2D eigenvalue weighted by Gasteiger charge is 2.35. The lowest BCUT2D eigenvalue weighted by Gasteiger charge is -2.28. The molecule has 2 unspecified atom stereocenters. The Labute approximate surface area is 258 Å². The number of carbonyl (C=O) groups is 5. The van der Waals surface area contributed by atoms with E-state index in [0.717, 1.165) is 25.1 Å². The van der Waals surface area contributed by atoms with Crippen LogP contribution in [0.3, 0.4) is 0 Å². The summed E-state index contributed by atoms with van der Waals surface area (Å²) in [4.78, 5) is 67.0. The number of Topliss-reactive ketones (excluding diaryl/α,β-unsaturated/α-hetero) is 2. The zero-order chi connectivity index (χ0) is 31.6. The van der Waals surface area contributed by atoms with E-state index in [9.17, 15) is 24.0 Å². The molecule has 0 radical (unpaired) electrons. The minimum atomic E-state index is -1.23. The standard InChI is InChI=1S/C34H42N4O6/c1-21(2)19-27(38-33(42)24-14-7-8-17-35-25-15-9-16-28(44-3)29(24)25)34(43)37-26(20-23-13-10-18-36-32(23)41)31(40)30(39)22-11-5-4-6-12-22/h4-6,9,11-12,14-16,21,23,26-27,35H,7-8,10,13,17-20H2,1-3H3,(H,36,41)(H,37,43)(H,38,42)/t23?,26?,27-/m0/s1. The van der Waals surface area contributed by atoms with Crippen LogP contribution < -0.4 is 26.0 Å². The molecule has 4 rings (SSSR count). The van der Waals surface area contributed by atoms with Gasteiger partial charge in [-0.2, -0.15) is 0 Å². The Morgan fingerprint density at radius 3 is 2.39 bits per heavy atom. The van der Waals surface area contributed by atoms with Gasteiger partial charge in [0, 0.05) is 35.8 Å². The number of allylic oxidation sites excluding steroid dienone is 1. The highest BCUT2D eigenvalue weighted by atomic mass is 16.5. The van der Waals surface area contributed by atoms with Crippen LogP contribution in [0.5, 0.6) is 5.75 Å². The number of ether oxygens (including phenoxy) is 1. The molecule has 3 amide bonds. The topological polar surface area (TPSA) is 143 Å². The molecule has 1 fully saturated rings. The Bertz CT molecular complexity index is 1400. The summed E-state index contributed by atoms with van der Waals surface area (Å²) in [6.45, 7) is 5.14. The monoisotopic (exact) mass is 602 g/mol. The molecule has 10 heteroatoms. The van der Waals surface area contributed by atoms with E-state index in [1.807, 2.05) is 32.1 Å². The molecule has 0 saturated carbocycles. The first-order valence-corrected chi connectivity index (χ1v) is 15.3. The largest absolute Gasteiger partial charge is 0.496 e. The van der Waals surface area contributed by atoms with Gasteiger partial charge in [-0.25, -0.2) is 0 Å². The van der Waals surface area contributed by atoms with Gasteiger partial charge in [0.2, 0.25) is 23.4 Å². The second-order valence-corrected chi connectivity index (χ2v) is 11.7. The SMILES string of the molecule is COc1cccc2c1C(C(=O)N[C@@H](CC(C)C)C(=O)NC(CC1CCCNC1=O)C(=O)C(=O)c1ccccc1)=CCCCN2. The first-order chi connectivity index (χ1) is 21.2. The van der Waals surface area contributed by atoms with Gasteiger partial charge in [-0.05, 0) is 56.6 Å². The summed E-state index contributed by atoms with van der Waals surface area (Å²) in [5.41, 5.74) is 1.96. The number of hydrogen-bond donors (Lipinski definition) is 4. The molecule has 10 nitrogen and oxygen atoms in total. The Balaban J connectivity index is 1.60. The second-order valence-electron chi connectivity index (χ2n) is 11.7. The van der Waals surface area contributed by atoms with Crippen molar-refractivity contribution in [1.29, 1.82) is 0 Å². The Morgan fingerprint density at radius 1 is 0.932 bits per heavy atom. The predicted octanol–water partition coefficient (Wildman–Crippen LogP) is 3.67. The summed E-state index contributed by atoms with van der Waals surface area (Å²) >= 11 is 0. The van der Waals surface area contributed by atoms with Crippen molar-refractivity contribution in [3.63, 3.8) is 0 Å². The van der Waals surface area contributed by atoms with Crippen LogP contribution >= 0.6 is 0 Å². The molecule has 2 aromatic rings. The molecule has 2 heterocycles. The molecule has 2 aromatic carbocycles. The van der Waals surface area contributed by atoms with E-state index in [4.69, 9.17) is 4.74 Å². The van der Waals surface area contributed by atoms with Gasteiger partial charge in [-0.15, -0.1) is 0 Å². The van der Waals surface area contributed by atoms with Crippen LogP contribution in [0.2, 0.25) is 0 Å². The zero-order valence-electron chi connectivity index (χ0n) is 25.6. The number of amides is 3. The third kappa shape index (κ3) is 8.12. The van der Waals surface area contributed by atoms with Crippen molar-refractivity contribution in [2.24, 2.45) is 11.8 Å². The Kier molecular flexibility index (Phi) is 11.3. The number of fused-ring (bicyclic) bond motifs is 1. The van der Waals surface area contributed by atoms with Gasteiger partial charge < -0.3 is 26.0 Å². The Morgan fingerprint density at radius 2 is 1.68 bits per heavy atom. The number of rotatable bonds is 12. The summed E-state index contributed by atoms with van der Waals surface area (Å²) in [5, 5.41) is 11.8. The lowest BCUT2D eigenvalue weighted by molar-refractivity contribution is -0.131. The molecule has 2 aliphatic rings. The van der Waals surface area contributed by atoms with Crippen LogP contribution in [0.15, 0.2) is 54.6 Å². The van der Waals surface area contributed by atoms with E-state index in [2.05, 4.69) is 21.3 Å². The average molecular weight is 603 g/mol. The molecule has 2 aliphatic heterocycles. The van der Waals surface area contributed by atoms with Crippen molar-refractivity contribution in [2.45, 2.75) is 64.5 Å². The number of anilines is 1. The molecule has 234 valence electrons. The van der Waals surface area contributed by atoms with Crippen LogP contribution in [0, 0.1) is 11.8 Å². The van der Waals surface area contributed by atoms with Gasteiger partial charge in [0.1, 0.15) is 11.8 Å². The smallest absolute Gasteiger partial charge is 0.252 e. The van der Waals surface area contributed by atoms with Gasteiger partial charge in [-0.1, -0.05) is 56.3 Å². The van der Waals surface area contributed by atoms with Crippen molar-refractivity contribution < 1.29 is 28.7 Å². The van der Waals surface area contributed by atoms with Crippen LogP contribution in [0.25, 0.3) is 5.57 Å². The average Bonchev–Trinajstić information content (AvgIpc) is 3.01. The lowest BCUT2D eigenvalue weighted by Crippen LogP contribution is -2.54. The molecule has 0 spiro atoms. The van der Waals surface area contributed by atoms with Crippen molar-refractivity contribution >= 4 is 40.5 Å². The number of hydrogen-bond acceptors (Lipinski definition) is 7. The number of piperidine rings is 1. The highest BCUT2D eigenvalue weighted by Crippen LogP contribution is 2.35. The van der Waals surface area contributed by atoms with Crippen LogP contribution in [-0.2, 0) is 19.2 Å². The molecule has 0 aliphatic carbocycles.